The molecular formula is C4H8N2O5. The zero-order chi connectivity index (χ0) is 9.02. The molecule has 0 bridgehead atoms. The molecular weight excluding hydrogens is 156 g/mol. The summed E-state index contributed by atoms with van der Waals surface area (Å²) in [6, 6.07) is -1.07. The molecule has 11 heavy (non-hydrogen) atoms. The van der Waals surface area contributed by atoms with Crippen LogP contribution in [-0.2, 0) is 4.84 Å². The van der Waals surface area contributed by atoms with Gasteiger partial charge in [0.2, 0.25) is 6.04 Å². The molecule has 2 unspecified atom stereocenters. The molecule has 0 fully saturated rings. The van der Waals surface area contributed by atoms with Crippen molar-refractivity contribution in [3.63, 3.8) is 0 Å². The Hall–Kier alpha value is -1.40. The first-order chi connectivity index (χ1) is 4.95. The average Bonchev–Trinajstić information content (AvgIpc) is 1.84. The van der Waals surface area contributed by atoms with Crippen LogP contribution in [0.4, 0.5) is 0 Å². The molecule has 0 spiro atoms. The Morgan fingerprint density at radius 1 is 1.27 bits per heavy atom. The Kier molecular flexibility index (Phi) is 3.22. The second-order valence-corrected chi connectivity index (χ2v) is 2.06. The molecule has 0 N–H and O–H groups in total. The highest BCUT2D eigenvalue weighted by Gasteiger charge is 2.24. The molecule has 7 nitrogen and oxygen atoms in total. The van der Waals surface area contributed by atoms with Crippen LogP contribution in [0.25, 0.3) is 0 Å². The van der Waals surface area contributed by atoms with E-state index in [2.05, 4.69) is 4.84 Å². The van der Waals surface area contributed by atoms with Crippen molar-refractivity contribution in [2.75, 3.05) is 0 Å². The molecule has 64 valence electrons. The smallest absolute Gasteiger partial charge is 0.295 e. The molecule has 0 aliphatic carbocycles. The van der Waals surface area contributed by atoms with Crippen molar-refractivity contribution in [1.82, 2.24) is 0 Å². The maximum absolute atomic E-state index is 10.0. The van der Waals surface area contributed by atoms with E-state index in [1.54, 1.807) is 0 Å². The van der Waals surface area contributed by atoms with Gasteiger partial charge in [-0.25, -0.2) is 0 Å². The summed E-state index contributed by atoms with van der Waals surface area (Å²) in [5, 5.41) is 18.7. The lowest BCUT2D eigenvalue weighted by molar-refractivity contribution is -0.776. The van der Waals surface area contributed by atoms with Gasteiger partial charge in [0.25, 0.3) is 5.09 Å². The Morgan fingerprint density at radius 2 is 1.73 bits per heavy atom. The Bertz CT molecular complexity index is 170. The fourth-order valence-corrected chi connectivity index (χ4v) is 0.395. The van der Waals surface area contributed by atoms with Gasteiger partial charge in [-0.05, 0) is 6.92 Å². The van der Waals surface area contributed by atoms with E-state index in [1.165, 1.54) is 13.8 Å². The lowest BCUT2D eigenvalue weighted by Gasteiger charge is -2.09. The normalized spacial score (nSPS) is 15.1. The number of rotatable bonds is 4. The summed E-state index contributed by atoms with van der Waals surface area (Å²) < 4.78 is 0. The minimum atomic E-state index is -1.07. The first-order valence-corrected chi connectivity index (χ1v) is 2.89. The summed E-state index contributed by atoms with van der Waals surface area (Å²) >= 11 is 0. The number of hydrogen-bond acceptors (Lipinski definition) is 5. The highest BCUT2D eigenvalue weighted by Crippen LogP contribution is 2.01. The van der Waals surface area contributed by atoms with Gasteiger partial charge in [0, 0.05) is 11.8 Å². The zero-order valence-corrected chi connectivity index (χ0v) is 6.09. The van der Waals surface area contributed by atoms with Gasteiger partial charge in [0.1, 0.15) is 0 Å². The molecule has 0 aliphatic heterocycles. The van der Waals surface area contributed by atoms with E-state index >= 15 is 0 Å². The van der Waals surface area contributed by atoms with Crippen LogP contribution >= 0.6 is 0 Å². The van der Waals surface area contributed by atoms with Crippen LogP contribution in [0.1, 0.15) is 13.8 Å². The average molecular weight is 164 g/mol. The Labute approximate surface area is 62.2 Å². The molecule has 0 radical (unpaired) electrons. The topological polar surface area (TPSA) is 95.5 Å². The van der Waals surface area contributed by atoms with Crippen molar-refractivity contribution in [2.24, 2.45) is 0 Å². The molecule has 0 aromatic carbocycles. The maximum atomic E-state index is 10.0. The third-order valence-corrected chi connectivity index (χ3v) is 1.26. The van der Waals surface area contributed by atoms with Gasteiger partial charge < -0.3 is 4.84 Å². The fraction of sp³-hybridized carbons (Fsp3) is 1.00. The van der Waals surface area contributed by atoms with Crippen LogP contribution in [0.5, 0.6) is 0 Å². The van der Waals surface area contributed by atoms with Crippen LogP contribution in [0.3, 0.4) is 0 Å². The standard InChI is InChI=1S/C4H8N2O5/c1-3(5(7)8)4(2)11-6(9)10/h3-4H,1-2H3. The van der Waals surface area contributed by atoms with Crippen molar-refractivity contribution < 1.29 is 14.8 Å². The monoisotopic (exact) mass is 164 g/mol. The second kappa shape index (κ2) is 3.69. The second-order valence-electron chi connectivity index (χ2n) is 2.06. The van der Waals surface area contributed by atoms with E-state index in [0.29, 0.717) is 0 Å². The van der Waals surface area contributed by atoms with Crippen molar-refractivity contribution >= 4 is 0 Å². The maximum Gasteiger partial charge on any atom is 0.295 e. The van der Waals surface area contributed by atoms with Gasteiger partial charge in [-0.2, -0.15) is 0 Å². The van der Waals surface area contributed by atoms with Crippen molar-refractivity contribution in [2.45, 2.75) is 26.0 Å². The molecule has 0 saturated carbocycles. The molecule has 0 amide bonds. The lowest BCUT2D eigenvalue weighted by atomic mass is 10.2. The van der Waals surface area contributed by atoms with Crippen molar-refractivity contribution in [1.29, 1.82) is 0 Å². The van der Waals surface area contributed by atoms with E-state index in [1.807, 2.05) is 0 Å². The first-order valence-electron chi connectivity index (χ1n) is 2.89. The summed E-state index contributed by atoms with van der Waals surface area (Å²) in [5.41, 5.74) is 0. The summed E-state index contributed by atoms with van der Waals surface area (Å²) in [6.07, 6.45) is -1.01. The van der Waals surface area contributed by atoms with Gasteiger partial charge in [0.05, 0.1) is 0 Å². The van der Waals surface area contributed by atoms with Crippen molar-refractivity contribution in [3.05, 3.63) is 20.2 Å². The van der Waals surface area contributed by atoms with Crippen LogP contribution < -0.4 is 0 Å². The fourth-order valence-electron chi connectivity index (χ4n) is 0.395. The summed E-state index contributed by atoms with van der Waals surface area (Å²) in [4.78, 5) is 23.0. The molecule has 0 aromatic rings. The van der Waals surface area contributed by atoms with Gasteiger partial charge in [-0.15, -0.1) is 10.1 Å². The highest BCUT2D eigenvalue weighted by atomic mass is 17.0. The van der Waals surface area contributed by atoms with E-state index in [9.17, 15) is 20.2 Å². The molecule has 0 saturated heterocycles. The molecule has 0 aromatic heterocycles. The van der Waals surface area contributed by atoms with Crippen LogP contribution in [0.15, 0.2) is 0 Å². The van der Waals surface area contributed by atoms with Gasteiger partial charge >= 0.3 is 0 Å². The molecule has 0 heterocycles. The van der Waals surface area contributed by atoms with Crippen LogP contribution in [0.2, 0.25) is 0 Å². The van der Waals surface area contributed by atoms with Crippen LogP contribution in [0, 0.1) is 20.2 Å². The minimum absolute atomic E-state index is 0.631. The van der Waals surface area contributed by atoms with Gasteiger partial charge in [-0.3, -0.25) is 10.1 Å². The molecule has 0 aliphatic rings. The minimum Gasteiger partial charge on any atom is -0.304 e. The molecule has 2 atom stereocenters. The predicted octanol–water partition coefficient (Wildman–Crippen LogP) is 0.248. The predicted molar refractivity (Wildman–Crippen MR) is 34.0 cm³/mol. The van der Waals surface area contributed by atoms with E-state index in [4.69, 9.17) is 0 Å². The van der Waals surface area contributed by atoms with Crippen molar-refractivity contribution in [3.8, 4) is 0 Å². The molecule has 7 heteroatoms. The van der Waals surface area contributed by atoms with Gasteiger partial charge in [0.15, 0.2) is 6.10 Å². The number of hydrogen-bond donors (Lipinski definition) is 0. The third-order valence-electron chi connectivity index (χ3n) is 1.26. The summed E-state index contributed by atoms with van der Waals surface area (Å²) in [5.74, 6) is 0. The number of nitrogens with zero attached hydrogens (tertiary/aromatic N) is 2. The summed E-state index contributed by atoms with van der Waals surface area (Å²) in [6.45, 7) is 2.52. The zero-order valence-electron chi connectivity index (χ0n) is 6.09. The highest BCUT2D eigenvalue weighted by molar-refractivity contribution is 4.55. The third kappa shape index (κ3) is 3.33. The Balaban J connectivity index is 3.92. The lowest BCUT2D eigenvalue weighted by Crippen LogP contribution is -2.32. The Morgan fingerprint density at radius 3 is 2.00 bits per heavy atom. The molecule has 0 rings (SSSR count). The van der Waals surface area contributed by atoms with E-state index in [-0.39, 0.29) is 0 Å². The first kappa shape index (κ1) is 9.60. The van der Waals surface area contributed by atoms with Gasteiger partial charge in [-0.1, -0.05) is 0 Å². The van der Waals surface area contributed by atoms with E-state index < -0.39 is 22.2 Å². The SMILES string of the molecule is CC(O[N+](=O)[O-])C(C)[N+](=O)[O-]. The largest absolute Gasteiger partial charge is 0.304 e. The van der Waals surface area contributed by atoms with E-state index in [0.717, 1.165) is 0 Å². The quantitative estimate of drug-likeness (QED) is 0.438. The summed E-state index contributed by atoms with van der Waals surface area (Å²) in [7, 11) is 0. The van der Waals surface area contributed by atoms with Crippen LogP contribution in [-0.4, -0.2) is 22.2 Å². The number of nitro groups is 1.